The first-order valence-electron chi connectivity index (χ1n) is 8.42. The molecule has 2 aromatic carbocycles. The highest BCUT2D eigenvalue weighted by Crippen LogP contribution is 2.22. The van der Waals surface area contributed by atoms with Crippen LogP contribution in [0.1, 0.15) is 17.5 Å². The molecular formula is C20H20FNO3S. The van der Waals surface area contributed by atoms with Crippen LogP contribution in [-0.2, 0) is 21.2 Å². The monoisotopic (exact) mass is 373 g/mol. The Bertz CT molecular complexity index is 910. The van der Waals surface area contributed by atoms with Gasteiger partial charge in [-0.2, -0.15) is 0 Å². The van der Waals surface area contributed by atoms with Crippen molar-refractivity contribution in [3.63, 3.8) is 0 Å². The van der Waals surface area contributed by atoms with Gasteiger partial charge in [-0.1, -0.05) is 48.5 Å². The summed E-state index contributed by atoms with van der Waals surface area (Å²) in [7, 11) is -3.16. The lowest BCUT2D eigenvalue weighted by Crippen LogP contribution is -2.39. The van der Waals surface area contributed by atoms with Crippen molar-refractivity contribution in [3.05, 3.63) is 77.6 Å². The third-order valence-electron chi connectivity index (χ3n) is 4.45. The highest BCUT2D eigenvalue weighted by Gasteiger charge is 2.34. The fourth-order valence-electron chi connectivity index (χ4n) is 3.05. The van der Waals surface area contributed by atoms with E-state index in [-0.39, 0.29) is 24.0 Å². The smallest absolute Gasteiger partial charge is 0.247 e. The minimum Gasteiger partial charge on any atom is -0.331 e. The van der Waals surface area contributed by atoms with Gasteiger partial charge in [0.05, 0.1) is 11.5 Å². The molecule has 1 fully saturated rings. The van der Waals surface area contributed by atoms with Crippen LogP contribution in [0.4, 0.5) is 4.39 Å². The fourth-order valence-corrected chi connectivity index (χ4v) is 4.78. The molecule has 1 saturated heterocycles. The van der Waals surface area contributed by atoms with Crippen LogP contribution in [0.2, 0.25) is 0 Å². The zero-order valence-electron chi connectivity index (χ0n) is 14.2. The minimum atomic E-state index is -3.16. The van der Waals surface area contributed by atoms with Gasteiger partial charge in [0.1, 0.15) is 5.82 Å². The van der Waals surface area contributed by atoms with Crippen molar-refractivity contribution in [2.45, 2.75) is 19.0 Å². The standard InChI is InChI=1S/C20H20FNO3S/c21-19-9-5-4-8-17(19)14-22(18-12-13-26(24,25)15-18)20(23)11-10-16-6-2-1-3-7-16/h1-11,18H,12-15H2/b11-10+. The van der Waals surface area contributed by atoms with Crippen LogP contribution in [0.5, 0.6) is 0 Å². The predicted molar refractivity (Wildman–Crippen MR) is 99.5 cm³/mol. The zero-order chi connectivity index (χ0) is 18.6. The number of halogens is 1. The molecule has 1 aliphatic heterocycles. The number of sulfone groups is 1. The molecule has 3 rings (SSSR count). The van der Waals surface area contributed by atoms with Gasteiger partial charge in [-0.3, -0.25) is 4.79 Å². The van der Waals surface area contributed by atoms with Crippen LogP contribution in [0.15, 0.2) is 60.7 Å². The first-order chi connectivity index (χ1) is 12.4. The molecule has 136 valence electrons. The molecule has 6 heteroatoms. The molecule has 26 heavy (non-hydrogen) atoms. The van der Waals surface area contributed by atoms with Crippen molar-refractivity contribution in [2.24, 2.45) is 0 Å². The highest BCUT2D eigenvalue weighted by molar-refractivity contribution is 7.91. The molecule has 4 nitrogen and oxygen atoms in total. The van der Waals surface area contributed by atoms with Crippen LogP contribution < -0.4 is 0 Å². The average molecular weight is 373 g/mol. The number of amides is 1. The van der Waals surface area contributed by atoms with E-state index >= 15 is 0 Å². The molecule has 1 unspecified atom stereocenters. The lowest BCUT2D eigenvalue weighted by Gasteiger charge is -2.27. The zero-order valence-corrected chi connectivity index (χ0v) is 15.0. The van der Waals surface area contributed by atoms with Crippen LogP contribution >= 0.6 is 0 Å². The largest absolute Gasteiger partial charge is 0.331 e. The van der Waals surface area contributed by atoms with Gasteiger partial charge in [0.25, 0.3) is 0 Å². The molecule has 0 aliphatic carbocycles. The van der Waals surface area contributed by atoms with E-state index < -0.39 is 21.7 Å². The van der Waals surface area contributed by atoms with Gasteiger partial charge in [-0.25, -0.2) is 12.8 Å². The summed E-state index contributed by atoms with van der Waals surface area (Å²) in [6.45, 7) is 0.0465. The summed E-state index contributed by atoms with van der Waals surface area (Å²) >= 11 is 0. The van der Waals surface area contributed by atoms with Gasteiger partial charge in [0, 0.05) is 24.2 Å². The number of hydrogen-bond donors (Lipinski definition) is 0. The third kappa shape index (κ3) is 4.58. The van der Waals surface area contributed by atoms with Crippen molar-refractivity contribution in [1.29, 1.82) is 0 Å². The maximum absolute atomic E-state index is 14.0. The molecule has 1 aliphatic rings. The van der Waals surface area contributed by atoms with Gasteiger partial charge in [-0.05, 0) is 24.1 Å². The Morgan fingerprint density at radius 3 is 2.46 bits per heavy atom. The van der Waals surface area contributed by atoms with Crippen LogP contribution in [-0.4, -0.2) is 36.8 Å². The lowest BCUT2D eigenvalue weighted by atomic mass is 10.1. The molecular weight excluding hydrogens is 353 g/mol. The van der Waals surface area contributed by atoms with Crippen LogP contribution in [0.3, 0.4) is 0 Å². The number of nitrogens with zero attached hydrogens (tertiary/aromatic N) is 1. The van der Waals surface area contributed by atoms with E-state index in [1.54, 1.807) is 24.3 Å². The van der Waals surface area contributed by atoms with Gasteiger partial charge in [-0.15, -0.1) is 0 Å². The first-order valence-corrected chi connectivity index (χ1v) is 10.2. The molecule has 0 bridgehead atoms. The SMILES string of the molecule is O=C(/C=C/c1ccccc1)N(Cc1ccccc1F)C1CCS(=O)(=O)C1. The van der Waals surface area contributed by atoms with Crippen molar-refractivity contribution >= 4 is 21.8 Å². The van der Waals surface area contributed by atoms with Crippen molar-refractivity contribution in [2.75, 3.05) is 11.5 Å². The van der Waals surface area contributed by atoms with Crippen LogP contribution in [0, 0.1) is 5.82 Å². The molecule has 1 atom stereocenters. The summed E-state index contributed by atoms with van der Waals surface area (Å²) in [4.78, 5) is 14.2. The summed E-state index contributed by atoms with van der Waals surface area (Å²) in [5.41, 5.74) is 1.24. The Balaban J connectivity index is 1.84. The van der Waals surface area contributed by atoms with E-state index in [1.165, 1.54) is 17.0 Å². The number of hydrogen-bond acceptors (Lipinski definition) is 3. The number of rotatable bonds is 5. The fraction of sp³-hybridized carbons (Fsp3) is 0.250. The normalized spacial score (nSPS) is 18.9. The van der Waals surface area contributed by atoms with Gasteiger partial charge >= 0.3 is 0 Å². The first kappa shape index (κ1) is 18.3. The van der Waals surface area contributed by atoms with E-state index in [0.29, 0.717) is 12.0 Å². The Hall–Kier alpha value is -2.47. The second-order valence-corrected chi connectivity index (χ2v) is 8.59. The molecule has 2 aromatic rings. The molecule has 1 heterocycles. The van der Waals surface area contributed by atoms with E-state index in [9.17, 15) is 17.6 Å². The Morgan fingerprint density at radius 2 is 1.81 bits per heavy atom. The van der Waals surface area contributed by atoms with Gasteiger partial charge in [0.15, 0.2) is 9.84 Å². The minimum absolute atomic E-state index is 0.0465. The van der Waals surface area contributed by atoms with E-state index in [1.807, 2.05) is 30.3 Å². The second-order valence-electron chi connectivity index (χ2n) is 6.36. The van der Waals surface area contributed by atoms with Crippen molar-refractivity contribution in [1.82, 2.24) is 4.90 Å². The third-order valence-corrected chi connectivity index (χ3v) is 6.20. The second kappa shape index (κ2) is 7.83. The Labute approximate surface area is 152 Å². The van der Waals surface area contributed by atoms with E-state index in [0.717, 1.165) is 5.56 Å². The molecule has 0 radical (unpaired) electrons. The van der Waals surface area contributed by atoms with Crippen LogP contribution in [0.25, 0.3) is 6.08 Å². The Kier molecular flexibility index (Phi) is 5.52. The molecule has 0 spiro atoms. The highest BCUT2D eigenvalue weighted by atomic mass is 32.2. The molecule has 1 amide bonds. The maximum Gasteiger partial charge on any atom is 0.247 e. The summed E-state index contributed by atoms with van der Waals surface area (Å²) in [5, 5.41) is 0. The Morgan fingerprint density at radius 1 is 1.12 bits per heavy atom. The summed E-state index contributed by atoms with van der Waals surface area (Å²) < 4.78 is 37.7. The van der Waals surface area contributed by atoms with Gasteiger partial charge in [0.2, 0.25) is 5.91 Å². The summed E-state index contributed by atoms with van der Waals surface area (Å²) in [6, 6.07) is 15.1. The molecule has 0 aromatic heterocycles. The van der Waals surface area contributed by atoms with Crippen molar-refractivity contribution < 1.29 is 17.6 Å². The van der Waals surface area contributed by atoms with E-state index in [2.05, 4.69) is 0 Å². The molecule has 0 saturated carbocycles. The quantitative estimate of drug-likeness (QED) is 0.757. The number of benzene rings is 2. The summed E-state index contributed by atoms with van der Waals surface area (Å²) in [6.07, 6.45) is 3.48. The lowest BCUT2D eigenvalue weighted by molar-refractivity contribution is -0.128. The predicted octanol–water partition coefficient (Wildman–Crippen LogP) is 3.05. The number of carbonyl (C=O) groups is 1. The van der Waals surface area contributed by atoms with E-state index in [4.69, 9.17) is 0 Å². The topological polar surface area (TPSA) is 54.5 Å². The maximum atomic E-state index is 14.0. The summed E-state index contributed by atoms with van der Waals surface area (Å²) in [5.74, 6) is -0.745. The molecule has 0 N–H and O–H groups in total. The van der Waals surface area contributed by atoms with Gasteiger partial charge < -0.3 is 4.90 Å². The number of carbonyl (C=O) groups excluding carboxylic acids is 1. The average Bonchev–Trinajstić information content (AvgIpc) is 2.99. The van der Waals surface area contributed by atoms with Crippen molar-refractivity contribution in [3.8, 4) is 0 Å².